The van der Waals surface area contributed by atoms with E-state index in [0.29, 0.717) is 23.9 Å². The van der Waals surface area contributed by atoms with E-state index in [1.165, 1.54) is 57.8 Å². The molecule has 0 aromatic carbocycles. The minimum absolute atomic E-state index is 0.0131. The van der Waals surface area contributed by atoms with E-state index < -0.39 is 20.0 Å². The summed E-state index contributed by atoms with van der Waals surface area (Å²) in [6.07, 6.45) is 16.3. The van der Waals surface area contributed by atoms with Crippen LogP contribution in [-0.2, 0) is 18.4 Å². The number of nitrogens with zero attached hydrogens (tertiary/aromatic N) is 1. The van der Waals surface area contributed by atoms with Gasteiger partial charge in [-0.3, -0.25) is 9.36 Å². The van der Waals surface area contributed by atoms with E-state index in [2.05, 4.69) is 12.2 Å². The van der Waals surface area contributed by atoms with Crippen molar-refractivity contribution in [2.45, 2.75) is 129 Å². The predicted octanol–water partition coefficient (Wildman–Crippen LogP) is 5.32. The molecule has 0 spiro atoms. The second kappa shape index (κ2) is 21.4. The van der Waals surface area contributed by atoms with Crippen molar-refractivity contribution in [3.63, 3.8) is 0 Å². The third-order valence-corrected chi connectivity index (χ3v) is 7.31. The number of carbonyl (C=O) groups excluding carboxylic acids is 1. The second-order valence-corrected chi connectivity index (χ2v) is 12.5. The molecule has 0 aliphatic carbocycles. The van der Waals surface area contributed by atoms with Crippen molar-refractivity contribution in [2.75, 3.05) is 40.9 Å². The van der Waals surface area contributed by atoms with Gasteiger partial charge in [0, 0.05) is 6.42 Å². The number of hydrogen-bond acceptors (Lipinski definition) is 6. The summed E-state index contributed by atoms with van der Waals surface area (Å²) >= 11 is 0. The number of aliphatic hydroxyl groups is 1. The van der Waals surface area contributed by atoms with Gasteiger partial charge in [-0.1, -0.05) is 97.3 Å². The van der Waals surface area contributed by atoms with E-state index in [9.17, 15) is 19.4 Å². The molecular weight excluding hydrogens is 479 g/mol. The maximum absolute atomic E-state index is 12.2. The zero-order valence-corrected chi connectivity index (χ0v) is 24.9. The summed E-state index contributed by atoms with van der Waals surface area (Å²) in [6, 6.07) is -0.786. The lowest BCUT2D eigenvalue weighted by molar-refractivity contribution is -0.870. The standard InChI is InChI=1S/C27H57N2O6P/c1-6-8-10-11-12-13-14-15-16-17-18-19-20-26(30)25(28-27(31)21-9-7-2)24-35-36(32,33)34-23-22-29(3,4)5/h25-26,30H,6-24H2,1-5H3,(H-,28,31,32,33). The lowest BCUT2D eigenvalue weighted by Gasteiger charge is -2.30. The Labute approximate surface area is 221 Å². The van der Waals surface area contributed by atoms with Gasteiger partial charge >= 0.3 is 0 Å². The molecule has 8 nitrogen and oxygen atoms in total. The molecule has 216 valence electrons. The van der Waals surface area contributed by atoms with Gasteiger partial charge in [0.25, 0.3) is 7.82 Å². The van der Waals surface area contributed by atoms with Crippen LogP contribution in [0.3, 0.4) is 0 Å². The third kappa shape index (κ3) is 22.7. The Morgan fingerprint density at radius 1 is 0.861 bits per heavy atom. The highest BCUT2D eigenvalue weighted by Gasteiger charge is 2.24. The molecule has 9 heteroatoms. The van der Waals surface area contributed by atoms with E-state index in [1.807, 2.05) is 28.1 Å². The number of unbranched alkanes of at least 4 members (excludes halogenated alkanes) is 12. The van der Waals surface area contributed by atoms with Gasteiger partial charge in [0.15, 0.2) is 0 Å². The average Bonchev–Trinajstić information content (AvgIpc) is 2.79. The summed E-state index contributed by atoms with van der Waals surface area (Å²) in [5.41, 5.74) is 0. The Hall–Kier alpha value is -0.500. The first-order valence-corrected chi connectivity index (χ1v) is 15.8. The number of hydrogen-bond donors (Lipinski definition) is 2. The number of amides is 1. The van der Waals surface area contributed by atoms with Crippen molar-refractivity contribution in [2.24, 2.45) is 0 Å². The molecule has 0 heterocycles. The van der Waals surface area contributed by atoms with Crippen LogP contribution in [0.1, 0.15) is 117 Å². The van der Waals surface area contributed by atoms with E-state index in [1.54, 1.807) is 0 Å². The second-order valence-electron chi connectivity index (χ2n) is 11.1. The Morgan fingerprint density at radius 3 is 1.86 bits per heavy atom. The fraction of sp³-hybridized carbons (Fsp3) is 0.963. The topological polar surface area (TPSA) is 108 Å². The Kier molecular flexibility index (Phi) is 21.1. The molecule has 0 rings (SSSR count). The maximum atomic E-state index is 12.2. The molecule has 2 N–H and O–H groups in total. The first-order chi connectivity index (χ1) is 17.0. The number of likely N-dealkylation sites (N-methyl/N-ethyl adjacent to an activating group) is 1. The minimum Gasteiger partial charge on any atom is -0.756 e. The Bertz CT molecular complexity index is 585. The molecule has 36 heavy (non-hydrogen) atoms. The molecule has 0 aromatic rings. The van der Waals surface area contributed by atoms with Crippen molar-refractivity contribution in [3.8, 4) is 0 Å². The van der Waals surface area contributed by atoms with E-state index >= 15 is 0 Å². The van der Waals surface area contributed by atoms with Gasteiger partial charge in [-0.2, -0.15) is 0 Å². The largest absolute Gasteiger partial charge is 0.756 e. The van der Waals surface area contributed by atoms with Crippen molar-refractivity contribution in [1.82, 2.24) is 5.32 Å². The number of quaternary nitrogens is 1. The number of phosphoric ester groups is 1. The van der Waals surface area contributed by atoms with Crippen LogP contribution in [0.4, 0.5) is 0 Å². The van der Waals surface area contributed by atoms with Gasteiger partial charge in [-0.15, -0.1) is 0 Å². The molecule has 0 aliphatic rings. The van der Waals surface area contributed by atoms with Crippen LogP contribution in [0.2, 0.25) is 0 Å². The predicted molar refractivity (Wildman–Crippen MR) is 146 cm³/mol. The summed E-state index contributed by atoms with van der Waals surface area (Å²) in [5.74, 6) is -0.203. The van der Waals surface area contributed by atoms with Crippen molar-refractivity contribution in [1.29, 1.82) is 0 Å². The Balaban J connectivity index is 4.36. The smallest absolute Gasteiger partial charge is 0.268 e. The summed E-state index contributed by atoms with van der Waals surface area (Å²) in [4.78, 5) is 24.4. The highest BCUT2D eigenvalue weighted by Crippen LogP contribution is 2.38. The van der Waals surface area contributed by atoms with Gasteiger partial charge in [-0.05, 0) is 12.8 Å². The van der Waals surface area contributed by atoms with Crippen LogP contribution >= 0.6 is 7.82 Å². The number of phosphoric acid groups is 1. The van der Waals surface area contributed by atoms with Crippen molar-refractivity contribution in [3.05, 3.63) is 0 Å². The zero-order chi connectivity index (χ0) is 27.3. The number of carbonyl (C=O) groups is 1. The Morgan fingerprint density at radius 2 is 1.36 bits per heavy atom. The lowest BCUT2D eigenvalue weighted by Crippen LogP contribution is -2.46. The molecule has 3 atom stereocenters. The fourth-order valence-corrected chi connectivity index (χ4v) is 4.62. The van der Waals surface area contributed by atoms with Crippen LogP contribution in [0.5, 0.6) is 0 Å². The highest BCUT2D eigenvalue weighted by molar-refractivity contribution is 7.45. The van der Waals surface area contributed by atoms with Crippen molar-refractivity contribution < 1.29 is 32.9 Å². The van der Waals surface area contributed by atoms with Gasteiger partial charge in [0.05, 0.1) is 39.9 Å². The summed E-state index contributed by atoms with van der Waals surface area (Å²) in [5, 5.41) is 13.5. The van der Waals surface area contributed by atoms with Crippen LogP contribution in [0.15, 0.2) is 0 Å². The molecule has 0 bridgehead atoms. The molecule has 0 aromatic heterocycles. The van der Waals surface area contributed by atoms with E-state index in [-0.39, 0.29) is 19.1 Å². The molecule has 3 unspecified atom stereocenters. The zero-order valence-electron chi connectivity index (χ0n) is 24.0. The van der Waals surface area contributed by atoms with Gasteiger partial charge in [-0.25, -0.2) is 0 Å². The maximum Gasteiger partial charge on any atom is 0.268 e. The first kappa shape index (κ1) is 35.5. The number of nitrogens with one attached hydrogen (secondary N) is 1. The van der Waals surface area contributed by atoms with Crippen LogP contribution in [-0.4, -0.2) is 68.5 Å². The number of rotatable bonds is 25. The highest BCUT2D eigenvalue weighted by atomic mass is 31.2. The monoisotopic (exact) mass is 536 g/mol. The van der Waals surface area contributed by atoms with Crippen LogP contribution in [0, 0.1) is 0 Å². The minimum atomic E-state index is -4.52. The van der Waals surface area contributed by atoms with Crippen molar-refractivity contribution >= 4 is 13.7 Å². The average molecular weight is 537 g/mol. The quantitative estimate of drug-likeness (QED) is 0.0929. The van der Waals surface area contributed by atoms with E-state index in [0.717, 1.165) is 32.1 Å². The molecule has 1 amide bonds. The van der Waals surface area contributed by atoms with Crippen LogP contribution in [0.25, 0.3) is 0 Å². The molecule has 0 fully saturated rings. The molecule has 0 aliphatic heterocycles. The van der Waals surface area contributed by atoms with Gasteiger partial charge < -0.3 is 28.8 Å². The van der Waals surface area contributed by atoms with E-state index in [4.69, 9.17) is 9.05 Å². The molecular formula is C27H57N2O6P. The van der Waals surface area contributed by atoms with Gasteiger partial charge in [0.2, 0.25) is 5.91 Å². The summed E-state index contributed by atoms with van der Waals surface area (Å²) < 4.78 is 22.7. The normalized spacial score (nSPS) is 15.4. The first-order valence-electron chi connectivity index (χ1n) is 14.4. The molecule has 0 radical (unpaired) electrons. The summed E-state index contributed by atoms with van der Waals surface area (Å²) in [6.45, 7) is 4.43. The summed E-state index contributed by atoms with van der Waals surface area (Å²) in [7, 11) is 1.30. The van der Waals surface area contributed by atoms with Gasteiger partial charge in [0.1, 0.15) is 13.2 Å². The molecule has 0 saturated heterocycles. The number of aliphatic hydroxyl groups excluding tert-OH is 1. The molecule has 0 saturated carbocycles. The fourth-order valence-electron chi connectivity index (χ4n) is 3.90. The third-order valence-electron chi connectivity index (χ3n) is 6.35. The SMILES string of the molecule is CCCCCCCCCCCCCCC(O)C(COP(=O)([O-])OCC[N+](C)(C)C)NC(=O)CCCC. The van der Waals surface area contributed by atoms with Crippen LogP contribution < -0.4 is 10.2 Å². The lowest BCUT2D eigenvalue weighted by atomic mass is 10.0.